The van der Waals surface area contributed by atoms with Gasteiger partial charge >= 0.3 is 5.97 Å². The zero-order chi connectivity index (χ0) is 15.4. The molecule has 0 aromatic rings. The number of nitrogens with one attached hydrogen (secondary N) is 1. The van der Waals surface area contributed by atoms with Gasteiger partial charge in [-0.05, 0) is 46.6 Å². The maximum atomic E-state index is 12.0. The van der Waals surface area contributed by atoms with E-state index in [4.69, 9.17) is 0 Å². The number of rotatable bonds is 5. The number of likely N-dealkylation sites (tertiary alicyclic amines) is 1. The minimum absolute atomic E-state index is 0.0322. The minimum atomic E-state index is -0.722. The van der Waals surface area contributed by atoms with E-state index in [0.717, 1.165) is 19.4 Å². The van der Waals surface area contributed by atoms with Crippen LogP contribution in [0.5, 0.6) is 0 Å². The Labute approximate surface area is 121 Å². The van der Waals surface area contributed by atoms with Crippen LogP contribution in [0.2, 0.25) is 0 Å². The molecule has 1 aliphatic heterocycles. The quantitative estimate of drug-likeness (QED) is 0.808. The third-order valence-electron chi connectivity index (χ3n) is 3.72. The van der Waals surface area contributed by atoms with Gasteiger partial charge in [-0.2, -0.15) is 0 Å². The molecular formula is C15H28N2O3. The van der Waals surface area contributed by atoms with Gasteiger partial charge in [0.1, 0.15) is 0 Å². The van der Waals surface area contributed by atoms with Crippen molar-refractivity contribution in [3.05, 3.63) is 0 Å². The van der Waals surface area contributed by atoms with Crippen LogP contribution < -0.4 is 5.32 Å². The Balaban J connectivity index is 2.64. The monoisotopic (exact) mass is 284 g/mol. The lowest BCUT2D eigenvalue weighted by Crippen LogP contribution is -2.52. The predicted octanol–water partition coefficient (Wildman–Crippen LogP) is 1.87. The molecular weight excluding hydrogens is 256 g/mol. The molecule has 0 aliphatic carbocycles. The van der Waals surface area contributed by atoms with E-state index >= 15 is 0 Å². The normalized spacial score (nSPS) is 24.4. The van der Waals surface area contributed by atoms with E-state index in [1.54, 1.807) is 0 Å². The zero-order valence-corrected chi connectivity index (χ0v) is 13.2. The van der Waals surface area contributed by atoms with Gasteiger partial charge in [-0.15, -0.1) is 0 Å². The summed E-state index contributed by atoms with van der Waals surface area (Å²) in [4.78, 5) is 25.5. The molecule has 0 aromatic heterocycles. The number of nitrogens with zero attached hydrogens (tertiary/aromatic N) is 1. The highest BCUT2D eigenvalue weighted by Gasteiger charge is 2.41. The molecule has 0 saturated carbocycles. The second kappa shape index (κ2) is 6.57. The van der Waals surface area contributed by atoms with Crippen molar-refractivity contribution in [3.8, 4) is 0 Å². The lowest BCUT2D eigenvalue weighted by atomic mass is 9.76. The van der Waals surface area contributed by atoms with E-state index < -0.39 is 11.4 Å². The summed E-state index contributed by atoms with van der Waals surface area (Å²) < 4.78 is 0. The van der Waals surface area contributed by atoms with E-state index in [2.05, 4.69) is 5.32 Å². The van der Waals surface area contributed by atoms with Gasteiger partial charge < -0.3 is 10.4 Å². The molecule has 1 atom stereocenters. The molecule has 116 valence electrons. The SMILES string of the molecule is CCCC1(C(=O)O)CCCN(CC(=O)NC(C)(C)C)C1. The molecule has 1 aliphatic rings. The van der Waals surface area contributed by atoms with Crippen molar-refractivity contribution in [2.75, 3.05) is 19.6 Å². The Kier molecular flexibility index (Phi) is 5.57. The highest BCUT2D eigenvalue weighted by Crippen LogP contribution is 2.34. The average Bonchev–Trinajstić information content (AvgIpc) is 2.26. The summed E-state index contributed by atoms with van der Waals surface area (Å²) in [5.41, 5.74) is -0.921. The fraction of sp³-hybridized carbons (Fsp3) is 0.867. The Morgan fingerprint density at radius 2 is 2.00 bits per heavy atom. The summed E-state index contributed by atoms with van der Waals surface area (Å²) in [7, 11) is 0. The van der Waals surface area contributed by atoms with Gasteiger partial charge in [0, 0.05) is 12.1 Å². The van der Waals surface area contributed by atoms with Crippen molar-refractivity contribution in [1.82, 2.24) is 10.2 Å². The summed E-state index contributed by atoms with van der Waals surface area (Å²) >= 11 is 0. The number of carboxylic acids is 1. The van der Waals surface area contributed by atoms with Crippen LogP contribution in [0.3, 0.4) is 0 Å². The summed E-state index contributed by atoms with van der Waals surface area (Å²) in [6.45, 7) is 9.41. The summed E-state index contributed by atoms with van der Waals surface area (Å²) in [5, 5.41) is 12.5. The Morgan fingerprint density at radius 3 is 2.50 bits per heavy atom. The maximum absolute atomic E-state index is 12.0. The lowest BCUT2D eigenvalue weighted by molar-refractivity contribution is -0.154. The van der Waals surface area contributed by atoms with Crippen molar-refractivity contribution < 1.29 is 14.7 Å². The third-order valence-corrected chi connectivity index (χ3v) is 3.72. The molecule has 1 rings (SSSR count). The van der Waals surface area contributed by atoms with Crippen LogP contribution in [0, 0.1) is 5.41 Å². The zero-order valence-electron chi connectivity index (χ0n) is 13.2. The molecule has 5 nitrogen and oxygen atoms in total. The Hall–Kier alpha value is -1.10. The molecule has 1 fully saturated rings. The Bertz CT molecular complexity index is 359. The Morgan fingerprint density at radius 1 is 1.35 bits per heavy atom. The summed E-state index contributed by atoms with van der Waals surface area (Å²) in [6, 6.07) is 0. The number of carboxylic acid groups (broad SMARTS) is 1. The molecule has 0 bridgehead atoms. The number of aliphatic carboxylic acids is 1. The number of amides is 1. The number of hydrogen-bond acceptors (Lipinski definition) is 3. The van der Waals surface area contributed by atoms with Crippen molar-refractivity contribution in [1.29, 1.82) is 0 Å². The molecule has 1 amide bonds. The van der Waals surface area contributed by atoms with Gasteiger partial charge in [-0.1, -0.05) is 13.3 Å². The topological polar surface area (TPSA) is 69.6 Å². The summed E-state index contributed by atoms with van der Waals surface area (Å²) in [5.74, 6) is -0.754. The molecule has 2 N–H and O–H groups in total. The van der Waals surface area contributed by atoms with E-state index in [-0.39, 0.29) is 18.0 Å². The summed E-state index contributed by atoms with van der Waals surface area (Å²) in [6.07, 6.45) is 3.09. The highest BCUT2D eigenvalue weighted by molar-refractivity contribution is 5.79. The largest absolute Gasteiger partial charge is 0.481 e. The van der Waals surface area contributed by atoms with Crippen molar-refractivity contribution in [2.45, 2.75) is 58.9 Å². The van der Waals surface area contributed by atoms with Crippen LogP contribution in [0.15, 0.2) is 0 Å². The molecule has 5 heteroatoms. The van der Waals surface area contributed by atoms with Crippen molar-refractivity contribution in [2.24, 2.45) is 5.41 Å². The van der Waals surface area contributed by atoms with Crippen LogP contribution in [0.4, 0.5) is 0 Å². The van der Waals surface area contributed by atoms with Gasteiger partial charge in [-0.25, -0.2) is 0 Å². The fourth-order valence-corrected chi connectivity index (χ4v) is 2.99. The van der Waals surface area contributed by atoms with Crippen LogP contribution in [0.1, 0.15) is 53.4 Å². The second-order valence-electron chi connectivity index (χ2n) is 6.95. The van der Waals surface area contributed by atoms with Crippen LogP contribution in [0.25, 0.3) is 0 Å². The number of hydrogen-bond donors (Lipinski definition) is 2. The molecule has 1 unspecified atom stereocenters. The minimum Gasteiger partial charge on any atom is -0.481 e. The highest BCUT2D eigenvalue weighted by atomic mass is 16.4. The molecule has 0 spiro atoms. The number of carbonyl (C=O) groups excluding carboxylic acids is 1. The van der Waals surface area contributed by atoms with Crippen molar-refractivity contribution >= 4 is 11.9 Å². The molecule has 20 heavy (non-hydrogen) atoms. The van der Waals surface area contributed by atoms with E-state index in [1.807, 2.05) is 32.6 Å². The van der Waals surface area contributed by atoms with Crippen LogP contribution in [-0.2, 0) is 9.59 Å². The number of piperidine rings is 1. The maximum Gasteiger partial charge on any atom is 0.310 e. The first-order valence-corrected chi connectivity index (χ1v) is 7.45. The second-order valence-corrected chi connectivity index (χ2v) is 6.95. The van der Waals surface area contributed by atoms with Crippen LogP contribution in [-0.4, -0.2) is 47.1 Å². The van der Waals surface area contributed by atoms with Gasteiger partial charge in [0.05, 0.1) is 12.0 Å². The van der Waals surface area contributed by atoms with Gasteiger partial charge in [0.15, 0.2) is 0 Å². The number of carbonyl (C=O) groups is 2. The van der Waals surface area contributed by atoms with Crippen LogP contribution >= 0.6 is 0 Å². The van der Waals surface area contributed by atoms with E-state index in [9.17, 15) is 14.7 Å². The van der Waals surface area contributed by atoms with Gasteiger partial charge in [0.2, 0.25) is 5.91 Å². The predicted molar refractivity (Wildman–Crippen MR) is 78.5 cm³/mol. The first kappa shape index (κ1) is 17.0. The van der Waals surface area contributed by atoms with E-state index in [1.165, 1.54) is 0 Å². The van der Waals surface area contributed by atoms with Gasteiger partial charge in [-0.3, -0.25) is 14.5 Å². The fourth-order valence-electron chi connectivity index (χ4n) is 2.99. The third kappa shape index (κ3) is 4.78. The van der Waals surface area contributed by atoms with E-state index in [0.29, 0.717) is 19.4 Å². The molecule has 1 heterocycles. The molecule has 0 aromatic carbocycles. The average molecular weight is 284 g/mol. The van der Waals surface area contributed by atoms with Crippen molar-refractivity contribution in [3.63, 3.8) is 0 Å². The smallest absolute Gasteiger partial charge is 0.310 e. The standard InChI is InChI=1S/C15H28N2O3/c1-5-7-15(13(19)20)8-6-9-17(11-15)10-12(18)16-14(2,3)4/h5-11H2,1-4H3,(H,16,18)(H,19,20). The first-order valence-electron chi connectivity index (χ1n) is 7.45. The first-order chi connectivity index (χ1) is 9.18. The lowest BCUT2D eigenvalue weighted by Gasteiger charge is -2.39. The molecule has 0 radical (unpaired) electrons. The van der Waals surface area contributed by atoms with Gasteiger partial charge in [0.25, 0.3) is 0 Å². The molecule has 1 saturated heterocycles.